The van der Waals surface area contributed by atoms with E-state index < -0.39 is 0 Å². The first-order valence-electron chi connectivity index (χ1n) is 16.3. The molecule has 0 saturated carbocycles. The Morgan fingerprint density at radius 2 is 0.766 bits per heavy atom. The van der Waals surface area contributed by atoms with Crippen LogP contribution >= 0.6 is 0 Å². The van der Waals surface area contributed by atoms with Crippen LogP contribution in [0.15, 0.2) is 176 Å². The number of nitrogens with zero attached hydrogens (tertiary/aromatic N) is 1. The van der Waals surface area contributed by atoms with E-state index in [1.807, 2.05) is 0 Å². The summed E-state index contributed by atoms with van der Waals surface area (Å²) in [6.07, 6.45) is 0. The molecular weight excluding hydrogens is 567 g/mol. The van der Waals surface area contributed by atoms with Crippen molar-refractivity contribution < 1.29 is 0 Å². The third-order valence-electron chi connectivity index (χ3n) is 9.94. The van der Waals surface area contributed by atoms with Crippen molar-refractivity contribution in [1.29, 1.82) is 0 Å². The molecule has 47 heavy (non-hydrogen) atoms. The van der Waals surface area contributed by atoms with Gasteiger partial charge in [-0.1, -0.05) is 133 Å². The molecule has 0 N–H and O–H groups in total. The Morgan fingerprint density at radius 1 is 0.255 bits per heavy atom. The highest BCUT2D eigenvalue weighted by Gasteiger charge is 2.14. The first kappa shape index (κ1) is 26.1. The van der Waals surface area contributed by atoms with E-state index in [1.165, 1.54) is 92.8 Å². The highest BCUT2D eigenvalue weighted by Crippen LogP contribution is 2.38. The SMILES string of the molecule is c1cc(-c2ccc(-n3c4ccccc4c4cc5ccccc5cc43)cc2)cc(-c2ccc3c4ccccc4c4ccccc4c3c2)c1. The third-order valence-corrected chi connectivity index (χ3v) is 9.94. The number of rotatable bonds is 3. The van der Waals surface area contributed by atoms with Crippen molar-refractivity contribution in [3.05, 3.63) is 176 Å². The van der Waals surface area contributed by atoms with Gasteiger partial charge in [-0.05, 0) is 108 Å². The van der Waals surface area contributed by atoms with E-state index in [2.05, 4.69) is 180 Å². The van der Waals surface area contributed by atoms with Crippen LogP contribution in [0.2, 0.25) is 0 Å². The normalized spacial score (nSPS) is 11.8. The van der Waals surface area contributed by atoms with Crippen LogP contribution in [0.3, 0.4) is 0 Å². The van der Waals surface area contributed by atoms with Crippen LogP contribution in [0.4, 0.5) is 0 Å². The lowest BCUT2D eigenvalue weighted by Gasteiger charge is -2.13. The van der Waals surface area contributed by atoms with Gasteiger partial charge in [-0.25, -0.2) is 0 Å². The molecule has 0 spiro atoms. The van der Waals surface area contributed by atoms with Gasteiger partial charge in [0.2, 0.25) is 0 Å². The van der Waals surface area contributed by atoms with Crippen molar-refractivity contribution >= 4 is 64.9 Å². The summed E-state index contributed by atoms with van der Waals surface area (Å²) in [4.78, 5) is 0. The highest BCUT2D eigenvalue weighted by atomic mass is 15.0. The van der Waals surface area contributed by atoms with E-state index in [-0.39, 0.29) is 0 Å². The fourth-order valence-corrected chi connectivity index (χ4v) is 7.70. The third kappa shape index (κ3) is 4.03. The van der Waals surface area contributed by atoms with Crippen molar-refractivity contribution in [2.75, 3.05) is 0 Å². The van der Waals surface area contributed by atoms with Gasteiger partial charge in [0.25, 0.3) is 0 Å². The lowest BCUT2D eigenvalue weighted by Crippen LogP contribution is -1.93. The van der Waals surface area contributed by atoms with Crippen LogP contribution in [0, 0.1) is 0 Å². The van der Waals surface area contributed by atoms with Crippen LogP contribution in [0.25, 0.3) is 92.8 Å². The largest absolute Gasteiger partial charge is 0.309 e. The summed E-state index contributed by atoms with van der Waals surface area (Å²) < 4.78 is 2.40. The molecule has 0 radical (unpaired) electrons. The van der Waals surface area contributed by atoms with Crippen LogP contribution in [0.5, 0.6) is 0 Å². The van der Waals surface area contributed by atoms with Crippen molar-refractivity contribution in [3.8, 4) is 27.9 Å². The summed E-state index contributed by atoms with van der Waals surface area (Å²) >= 11 is 0. The van der Waals surface area contributed by atoms with E-state index in [0.717, 1.165) is 0 Å². The second-order valence-corrected chi connectivity index (χ2v) is 12.5. The monoisotopic (exact) mass is 595 g/mol. The summed E-state index contributed by atoms with van der Waals surface area (Å²) in [6, 6.07) is 64.5. The minimum Gasteiger partial charge on any atom is -0.309 e. The first-order valence-corrected chi connectivity index (χ1v) is 16.3. The van der Waals surface area contributed by atoms with Gasteiger partial charge in [0, 0.05) is 16.5 Å². The topological polar surface area (TPSA) is 4.93 Å². The molecule has 9 aromatic carbocycles. The van der Waals surface area contributed by atoms with Crippen molar-refractivity contribution in [3.63, 3.8) is 0 Å². The van der Waals surface area contributed by atoms with E-state index in [1.54, 1.807) is 0 Å². The zero-order valence-corrected chi connectivity index (χ0v) is 25.7. The lowest BCUT2D eigenvalue weighted by atomic mass is 9.91. The Bertz CT molecular complexity index is 2800. The average Bonchev–Trinajstić information content (AvgIpc) is 3.47. The van der Waals surface area contributed by atoms with Gasteiger partial charge in [0.15, 0.2) is 0 Å². The number of fused-ring (bicyclic) bond motifs is 10. The Labute approximate surface area is 272 Å². The van der Waals surface area contributed by atoms with E-state index in [9.17, 15) is 0 Å². The predicted octanol–water partition coefficient (Wildman–Crippen LogP) is 12.7. The van der Waals surface area contributed by atoms with Gasteiger partial charge < -0.3 is 4.57 Å². The van der Waals surface area contributed by atoms with Crippen molar-refractivity contribution in [2.24, 2.45) is 0 Å². The summed E-state index contributed by atoms with van der Waals surface area (Å²) in [5, 5.41) is 12.9. The minimum atomic E-state index is 1.17. The van der Waals surface area contributed by atoms with Gasteiger partial charge in [-0.15, -0.1) is 0 Å². The molecule has 10 aromatic rings. The van der Waals surface area contributed by atoms with E-state index >= 15 is 0 Å². The molecule has 10 rings (SSSR count). The second-order valence-electron chi connectivity index (χ2n) is 12.5. The van der Waals surface area contributed by atoms with Gasteiger partial charge >= 0.3 is 0 Å². The molecule has 1 aromatic heterocycles. The standard InChI is InChI=1S/C46H29N/c1-2-11-34-29-46-44(28-33(34)10-1)42-18-7-8-19-45(42)47(46)36-23-20-30(21-24-36)31-12-9-13-32(26-31)35-22-25-41-39-16-4-3-14-37(39)38-15-5-6-17-40(38)43(41)27-35/h1-29H. The molecule has 0 unspecified atom stereocenters. The number of hydrogen-bond donors (Lipinski definition) is 0. The Kier molecular flexibility index (Phi) is 5.64. The highest BCUT2D eigenvalue weighted by molar-refractivity contribution is 6.25. The first-order chi connectivity index (χ1) is 23.3. The molecular formula is C46H29N. The maximum Gasteiger partial charge on any atom is 0.0547 e. The zero-order chi connectivity index (χ0) is 30.9. The number of hydrogen-bond acceptors (Lipinski definition) is 0. The molecule has 1 nitrogen and oxygen atoms in total. The van der Waals surface area contributed by atoms with Gasteiger partial charge in [0.05, 0.1) is 11.0 Å². The number of aromatic nitrogens is 1. The predicted molar refractivity (Wildman–Crippen MR) is 202 cm³/mol. The van der Waals surface area contributed by atoms with Gasteiger partial charge in [-0.3, -0.25) is 0 Å². The number of para-hydroxylation sites is 1. The van der Waals surface area contributed by atoms with Gasteiger partial charge in [0.1, 0.15) is 0 Å². The molecule has 0 aliphatic rings. The molecule has 1 heterocycles. The zero-order valence-electron chi connectivity index (χ0n) is 25.7. The summed E-state index contributed by atoms with van der Waals surface area (Å²) in [5.74, 6) is 0. The quantitative estimate of drug-likeness (QED) is 0.179. The number of benzene rings is 9. The van der Waals surface area contributed by atoms with Crippen molar-refractivity contribution in [1.82, 2.24) is 4.57 Å². The molecule has 0 atom stereocenters. The van der Waals surface area contributed by atoms with Crippen LogP contribution in [-0.2, 0) is 0 Å². The van der Waals surface area contributed by atoms with Crippen LogP contribution in [-0.4, -0.2) is 4.57 Å². The molecule has 1 heteroatoms. The molecule has 218 valence electrons. The maximum atomic E-state index is 2.40. The molecule has 0 aliphatic heterocycles. The fraction of sp³-hybridized carbons (Fsp3) is 0. The second kappa shape index (κ2) is 10.2. The Hall–Kier alpha value is -6.18. The minimum absolute atomic E-state index is 1.17. The van der Waals surface area contributed by atoms with Crippen molar-refractivity contribution in [2.45, 2.75) is 0 Å². The summed E-state index contributed by atoms with van der Waals surface area (Å²) in [6.45, 7) is 0. The average molecular weight is 596 g/mol. The van der Waals surface area contributed by atoms with E-state index in [0.29, 0.717) is 0 Å². The molecule has 0 amide bonds. The Balaban J connectivity index is 1.07. The maximum absolute atomic E-state index is 2.40. The van der Waals surface area contributed by atoms with Crippen LogP contribution in [0.1, 0.15) is 0 Å². The van der Waals surface area contributed by atoms with Gasteiger partial charge in [-0.2, -0.15) is 0 Å². The smallest absolute Gasteiger partial charge is 0.0547 e. The molecule has 0 fully saturated rings. The summed E-state index contributed by atoms with van der Waals surface area (Å²) in [7, 11) is 0. The lowest BCUT2D eigenvalue weighted by molar-refractivity contribution is 1.18. The molecule has 0 aliphatic carbocycles. The van der Waals surface area contributed by atoms with Crippen LogP contribution < -0.4 is 0 Å². The fourth-order valence-electron chi connectivity index (χ4n) is 7.70. The summed E-state index contributed by atoms with van der Waals surface area (Å²) in [5.41, 5.74) is 8.50. The van der Waals surface area contributed by atoms with E-state index in [4.69, 9.17) is 0 Å². The Morgan fingerprint density at radius 3 is 1.47 bits per heavy atom. The molecule has 0 bridgehead atoms. The molecule has 0 saturated heterocycles.